The van der Waals surface area contributed by atoms with Gasteiger partial charge in [-0.2, -0.15) is 5.10 Å². The van der Waals surface area contributed by atoms with E-state index >= 15 is 0 Å². The quantitative estimate of drug-likeness (QED) is 0.866. The Hall–Kier alpha value is -1.12. The Morgan fingerprint density at radius 2 is 2.14 bits per heavy atom. The van der Waals surface area contributed by atoms with Gasteiger partial charge in [0, 0.05) is 7.11 Å². The van der Waals surface area contributed by atoms with Gasteiger partial charge in [-0.15, -0.1) is 0 Å². The third kappa shape index (κ3) is 3.61. The Morgan fingerprint density at radius 1 is 1.50 bits per heavy atom. The molecule has 0 saturated carbocycles. The summed E-state index contributed by atoms with van der Waals surface area (Å²) in [5.74, 6) is 0. The van der Waals surface area contributed by atoms with Crippen molar-refractivity contribution in [3.63, 3.8) is 0 Å². The van der Waals surface area contributed by atoms with Gasteiger partial charge in [0.15, 0.2) is 0 Å². The molecular formula is C14H22BrN3O4. The summed E-state index contributed by atoms with van der Waals surface area (Å²) in [6.07, 6.45) is 1.22. The van der Waals surface area contributed by atoms with E-state index in [0.29, 0.717) is 18.8 Å². The van der Waals surface area contributed by atoms with Gasteiger partial charge in [-0.1, -0.05) is 0 Å². The van der Waals surface area contributed by atoms with E-state index in [4.69, 9.17) is 9.47 Å². The zero-order chi connectivity index (χ0) is 16.5. The third-order valence-corrected chi connectivity index (χ3v) is 3.88. The van der Waals surface area contributed by atoms with Crippen LogP contribution in [-0.4, -0.2) is 58.3 Å². The van der Waals surface area contributed by atoms with Crippen molar-refractivity contribution in [1.29, 1.82) is 0 Å². The summed E-state index contributed by atoms with van der Waals surface area (Å²) in [4.78, 5) is 13.5. The first-order valence-electron chi connectivity index (χ1n) is 7.07. The van der Waals surface area contributed by atoms with Crippen molar-refractivity contribution in [1.82, 2.24) is 14.7 Å². The standard InChI is InChI=1S/C14H22BrN3O4/c1-13(2,3)22-12(19)17-8-14(20,9-17)11-10(15)7-16-18(11)5-6-21-4/h7,20H,5-6,8-9H2,1-4H3. The number of carbonyl (C=O) groups excluding carboxylic acids is 1. The van der Waals surface area contributed by atoms with Crippen LogP contribution in [-0.2, 0) is 21.6 Å². The molecule has 1 aliphatic rings. The van der Waals surface area contributed by atoms with E-state index in [1.165, 1.54) is 4.90 Å². The van der Waals surface area contributed by atoms with Crippen LogP contribution in [0.1, 0.15) is 26.5 Å². The molecule has 0 atom stereocenters. The highest BCUT2D eigenvalue weighted by Crippen LogP contribution is 2.36. The molecule has 1 aromatic rings. The monoisotopic (exact) mass is 375 g/mol. The summed E-state index contributed by atoms with van der Waals surface area (Å²) in [6, 6.07) is 0. The van der Waals surface area contributed by atoms with Crippen LogP contribution in [0.15, 0.2) is 10.7 Å². The maximum Gasteiger partial charge on any atom is 0.410 e. The van der Waals surface area contributed by atoms with Gasteiger partial charge in [0.1, 0.15) is 11.2 Å². The molecule has 2 heterocycles. The van der Waals surface area contributed by atoms with Crippen molar-refractivity contribution in [2.45, 2.75) is 38.5 Å². The van der Waals surface area contributed by atoms with Gasteiger partial charge in [0.05, 0.1) is 42.6 Å². The molecule has 22 heavy (non-hydrogen) atoms. The van der Waals surface area contributed by atoms with Crippen LogP contribution in [0.5, 0.6) is 0 Å². The highest BCUT2D eigenvalue weighted by Gasteiger charge is 2.49. The first kappa shape index (κ1) is 17.2. The second-order valence-corrected chi connectivity index (χ2v) is 7.28. The van der Waals surface area contributed by atoms with E-state index in [-0.39, 0.29) is 13.1 Å². The fourth-order valence-corrected chi connectivity index (χ4v) is 3.03. The average molecular weight is 376 g/mol. The second kappa shape index (κ2) is 6.17. The minimum atomic E-state index is -1.13. The van der Waals surface area contributed by atoms with Crippen LogP contribution in [0, 0.1) is 0 Å². The van der Waals surface area contributed by atoms with E-state index in [1.807, 2.05) is 20.8 Å². The maximum atomic E-state index is 12.0. The van der Waals surface area contributed by atoms with E-state index in [9.17, 15) is 9.90 Å². The summed E-state index contributed by atoms with van der Waals surface area (Å²) >= 11 is 3.41. The molecule has 0 bridgehead atoms. The largest absolute Gasteiger partial charge is 0.444 e. The van der Waals surface area contributed by atoms with Gasteiger partial charge in [-0.25, -0.2) is 4.79 Å². The van der Waals surface area contributed by atoms with Crippen molar-refractivity contribution in [3.8, 4) is 0 Å². The van der Waals surface area contributed by atoms with Crippen molar-refractivity contribution in [2.75, 3.05) is 26.8 Å². The fourth-order valence-electron chi connectivity index (χ4n) is 2.36. The number of aromatic nitrogens is 2. The Morgan fingerprint density at radius 3 is 2.68 bits per heavy atom. The minimum absolute atomic E-state index is 0.180. The zero-order valence-corrected chi connectivity index (χ0v) is 14.9. The Labute approximate surface area is 138 Å². The molecule has 8 heteroatoms. The van der Waals surface area contributed by atoms with Gasteiger partial charge >= 0.3 is 6.09 Å². The summed E-state index contributed by atoms with van der Waals surface area (Å²) in [5, 5.41) is 15.0. The molecule has 0 aliphatic carbocycles. The van der Waals surface area contributed by atoms with E-state index in [1.54, 1.807) is 18.0 Å². The fraction of sp³-hybridized carbons (Fsp3) is 0.714. The Kier molecular flexibility index (Phi) is 4.84. The number of hydrogen-bond donors (Lipinski definition) is 1. The number of rotatable bonds is 4. The number of nitrogens with zero attached hydrogens (tertiary/aromatic N) is 3. The Balaban J connectivity index is 2.06. The summed E-state index contributed by atoms with van der Waals surface area (Å²) in [5.41, 5.74) is -1.02. The highest BCUT2D eigenvalue weighted by molar-refractivity contribution is 9.10. The number of amides is 1. The van der Waals surface area contributed by atoms with Crippen molar-refractivity contribution >= 4 is 22.0 Å². The summed E-state index contributed by atoms with van der Waals surface area (Å²) in [6.45, 7) is 6.82. The number of halogens is 1. The van der Waals surface area contributed by atoms with Gasteiger partial charge in [-0.05, 0) is 36.7 Å². The Bertz CT molecular complexity index is 547. The normalized spacial score (nSPS) is 17.3. The lowest BCUT2D eigenvalue weighted by molar-refractivity contribution is -0.109. The topological polar surface area (TPSA) is 76.8 Å². The number of methoxy groups -OCH3 is 1. The highest BCUT2D eigenvalue weighted by atomic mass is 79.9. The number of β-amino-alcohol motifs (C(OH)–C–C–N with tert-alkyl or cyclic N) is 1. The maximum absolute atomic E-state index is 12.0. The number of likely N-dealkylation sites (tertiary alicyclic amines) is 1. The first-order valence-corrected chi connectivity index (χ1v) is 7.86. The predicted octanol–water partition coefficient (Wildman–Crippen LogP) is 1.73. The van der Waals surface area contributed by atoms with E-state index < -0.39 is 17.3 Å². The molecule has 0 spiro atoms. The summed E-state index contributed by atoms with van der Waals surface area (Å²) < 4.78 is 12.8. The van der Waals surface area contributed by atoms with Gasteiger partial charge in [0.25, 0.3) is 0 Å². The molecule has 0 radical (unpaired) electrons. The summed E-state index contributed by atoms with van der Waals surface area (Å²) in [7, 11) is 1.61. The lowest BCUT2D eigenvalue weighted by atomic mass is 9.90. The molecule has 1 fully saturated rings. The van der Waals surface area contributed by atoms with Crippen LogP contribution in [0.3, 0.4) is 0 Å². The SMILES string of the molecule is COCCn1ncc(Br)c1C1(O)CN(C(=O)OC(C)(C)C)C1. The first-order chi connectivity index (χ1) is 10.2. The molecule has 1 N–H and O–H groups in total. The smallest absolute Gasteiger partial charge is 0.410 e. The molecule has 1 aromatic heterocycles. The van der Waals surface area contributed by atoms with Crippen molar-refractivity contribution in [3.05, 3.63) is 16.4 Å². The molecule has 0 unspecified atom stereocenters. The number of hydrogen-bond acceptors (Lipinski definition) is 5. The zero-order valence-electron chi connectivity index (χ0n) is 13.3. The molecule has 7 nitrogen and oxygen atoms in total. The molecule has 2 rings (SSSR count). The lowest BCUT2D eigenvalue weighted by Gasteiger charge is -2.46. The minimum Gasteiger partial charge on any atom is -0.444 e. The van der Waals surface area contributed by atoms with E-state index in [2.05, 4.69) is 21.0 Å². The van der Waals surface area contributed by atoms with E-state index in [0.717, 1.165) is 4.47 Å². The average Bonchev–Trinajstić information content (AvgIpc) is 2.72. The van der Waals surface area contributed by atoms with Gasteiger partial charge in [-0.3, -0.25) is 4.68 Å². The van der Waals surface area contributed by atoms with Crippen LogP contribution in [0.25, 0.3) is 0 Å². The molecule has 0 aromatic carbocycles. The van der Waals surface area contributed by atoms with Crippen molar-refractivity contribution in [2.24, 2.45) is 0 Å². The van der Waals surface area contributed by atoms with Gasteiger partial charge in [0.2, 0.25) is 0 Å². The van der Waals surface area contributed by atoms with Crippen molar-refractivity contribution < 1.29 is 19.4 Å². The molecule has 1 aliphatic heterocycles. The lowest BCUT2D eigenvalue weighted by Crippen LogP contribution is -2.62. The van der Waals surface area contributed by atoms with Crippen LogP contribution in [0.2, 0.25) is 0 Å². The molecule has 124 valence electrons. The molecule has 1 saturated heterocycles. The van der Waals surface area contributed by atoms with Crippen LogP contribution in [0.4, 0.5) is 4.79 Å². The number of aliphatic hydroxyl groups is 1. The number of carbonyl (C=O) groups is 1. The van der Waals surface area contributed by atoms with Crippen LogP contribution < -0.4 is 0 Å². The number of ether oxygens (including phenoxy) is 2. The molecular weight excluding hydrogens is 354 g/mol. The van der Waals surface area contributed by atoms with Crippen LogP contribution >= 0.6 is 15.9 Å². The second-order valence-electron chi connectivity index (χ2n) is 6.43. The van der Waals surface area contributed by atoms with Gasteiger partial charge < -0.3 is 19.5 Å². The third-order valence-electron chi connectivity index (χ3n) is 3.30. The predicted molar refractivity (Wildman–Crippen MR) is 83.5 cm³/mol. The molecule has 1 amide bonds.